The summed E-state index contributed by atoms with van der Waals surface area (Å²) >= 11 is 0. The Hall–Kier alpha value is -1.77. The van der Waals surface area contributed by atoms with E-state index in [2.05, 4.69) is 0 Å². The molecule has 0 saturated carbocycles. The van der Waals surface area contributed by atoms with Crippen LogP contribution in [-0.2, 0) is 0 Å². The van der Waals surface area contributed by atoms with Gasteiger partial charge in [-0.1, -0.05) is 0 Å². The molecule has 0 bridgehead atoms. The van der Waals surface area contributed by atoms with Crippen molar-refractivity contribution in [1.82, 2.24) is 4.90 Å². The lowest BCUT2D eigenvalue weighted by atomic mass is 10.0. The maximum atomic E-state index is 12.0. The second-order valence-electron chi connectivity index (χ2n) is 4.35. The van der Waals surface area contributed by atoms with Gasteiger partial charge in [-0.3, -0.25) is 4.79 Å². The lowest BCUT2D eigenvalue weighted by Crippen LogP contribution is -2.15. The Labute approximate surface area is 109 Å². The van der Waals surface area contributed by atoms with E-state index in [0.717, 1.165) is 24.2 Å². The number of aromatic hydroxyl groups is 1. The first-order valence-corrected chi connectivity index (χ1v) is 6.26. The number of nitrogens with zero attached hydrogens (tertiary/aromatic N) is 1. The van der Waals surface area contributed by atoms with Gasteiger partial charge in [0.15, 0.2) is 5.78 Å². The predicted octanol–water partition coefficient (Wildman–Crippen LogP) is 3.05. The third kappa shape index (κ3) is 3.36. The maximum absolute atomic E-state index is 12.0. The van der Waals surface area contributed by atoms with Gasteiger partial charge in [0.25, 0.3) is 0 Å². The smallest absolute Gasteiger partial charge is 0.191 e. The van der Waals surface area contributed by atoms with Gasteiger partial charge in [0.05, 0.1) is 5.56 Å². The second kappa shape index (κ2) is 6.24. The van der Waals surface area contributed by atoms with Crippen molar-refractivity contribution in [1.29, 1.82) is 0 Å². The number of phenolic OH excluding ortho intramolecular Hbond substituents is 1. The van der Waals surface area contributed by atoms with Gasteiger partial charge in [-0.05, 0) is 51.0 Å². The van der Waals surface area contributed by atoms with Crippen LogP contribution in [0.25, 0.3) is 0 Å². The molecule has 0 unspecified atom stereocenters. The number of ketones is 1. The second-order valence-corrected chi connectivity index (χ2v) is 4.35. The monoisotopic (exact) mass is 247 g/mol. The van der Waals surface area contributed by atoms with Gasteiger partial charge in [0, 0.05) is 25.4 Å². The van der Waals surface area contributed by atoms with Gasteiger partial charge in [-0.25, -0.2) is 0 Å². The van der Waals surface area contributed by atoms with Crippen LogP contribution in [0.3, 0.4) is 0 Å². The largest absolute Gasteiger partial charge is 0.507 e. The van der Waals surface area contributed by atoms with Crippen LogP contribution >= 0.6 is 0 Å². The Kier molecular flexibility index (Phi) is 4.95. The van der Waals surface area contributed by atoms with Gasteiger partial charge < -0.3 is 10.0 Å². The van der Waals surface area contributed by atoms with Crippen LogP contribution in [0.15, 0.2) is 24.4 Å². The molecular weight excluding hydrogens is 226 g/mol. The minimum absolute atomic E-state index is 0.0484. The third-order valence-electron chi connectivity index (χ3n) is 3.13. The SMILES string of the molecule is CCN(/C=C/C(=O)c1cc(C)c(C)cc1O)CC. The third-order valence-corrected chi connectivity index (χ3v) is 3.13. The van der Waals surface area contributed by atoms with Crippen LogP contribution in [0.1, 0.15) is 35.3 Å². The van der Waals surface area contributed by atoms with Gasteiger partial charge in [-0.15, -0.1) is 0 Å². The van der Waals surface area contributed by atoms with Gasteiger partial charge in [0.1, 0.15) is 5.75 Å². The molecule has 0 aliphatic carbocycles. The Balaban J connectivity index is 2.94. The van der Waals surface area contributed by atoms with Crippen molar-refractivity contribution in [2.45, 2.75) is 27.7 Å². The van der Waals surface area contributed by atoms with Crippen LogP contribution < -0.4 is 0 Å². The molecule has 0 aliphatic rings. The molecule has 0 aliphatic heterocycles. The van der Waals surface area contributed by atoms with Crippen LogP contribution in [0.4, 0.5) is 0 Å². The highest BCUT2D eigenvalue weighted by molar-refractivity contribution is 6.06. The highest BCUT2D eigenvalue weighted by atomic mass is 16.3. The number of phenols is 1. The van der Waals surface area contributed by atoms with Crippen LogP contribution in [-0.4, -0.2) is 28.9 Å². The zero-order chi connectivity index (χ0) is 13.7. The van der Waals surface area contributed by atoms with Gasteiger partial charge in [0.2, 0.25) is 0 Å². The number of aryl methyl sites for hydroxylation is 2. The molecule has 0 amide bonds. The van der Waals surface area contributed by atoms with E-state index >= 15 is 0 Å². The Morgan fingerprint density at radius 3 is 2.33 bits per heavy atom. The van der Waals surface area contributed by atoms with E-state index in [9.17, 15) is 9.90 Å². The standard InChI is InChI=1S/C15H21NO2/c1-5-16(6-2)8-7-14(17)13-9-11(3)12(4)10-15(13)18/h7-10,18H,5-6H2,1-4H3/b8-7+. The number of carbonyl (C=O) groups excluding carboxylic acids is 1. The molecule has 98 valence electrons. The molecule has 1 rings (SSSR count). The molecule has 1 aromatic carbocycles. The molecule has 1 N–H and O–H groups in total. The normalized spacial score (nSPS) is 10.9. The lowest BCUT2D eigenvalue weighted by molar-refractivity contribution is 0.104. The zero-order valence-electron chi connectivity index (χ0n) is 11.5. The summed E-state index contributed by atoms with van der Waals surface area (Å²) in [5.41, 5.74) is 2.35. The Morgan fingerprint density at radius 1 is 1.22 bits per heavy atom. The van der Waals surface area contributed by atoms with Crippen molar-refractivity contribution in [2.75, 3.05) is 13.1 Å². The molecule has 3 heteroatoms. The van der Waals surface area contributed by atoms with E-state index in [1.165, 1.54) is 6.08 Å². The average molecular weight is 247 g/mol. The molecule has 0 radical (unpaired) electrons. The van der Waals surface area contributed by atoms with Crippen molar-refractivity contribution in [3.8, 4) is 5.75 Å². The fourth-order valence-corrected chi connectivity index (χ4v) is 1.70. The molecule has 0 heterocycles. The number of carbonyl (C=O) groups is 1. The van der Waals surface area contributed by atoms with Crippen LogP contribution in [0, 0.1) is 13.8 Å². The molecule has 0 spiro atoms. The minimum atomic E-state index is -0.164. The topological polar surface area (TPSA) is 40.5 Å². The fourth-order valence-electron chi connectivity index (χ4n) is 1.70. The van der Waals surface area contributed by atoms with E-state index in [1.54, 1.807) is 18.3 Å². The van der Waals surface area contributed by atoms with Crippen molar-refractivity contribution in [3.63, 3.8) is 0 Å². The molecule has 0 atom stereocenters. The molecule has 0 aromatic heterocycles. The summed E-state index contributed by atoms with van der Waals surface area (Å²) in [6.45, 7) is 9.63. The van der Waals surface area contributed by atoms with E-state index in [0.29, 0.717) is 5.56 Å². The quantitative estimate of drug-likeness (QED) is 0.642. The summed E-state index contributed by atoms with van der Waals surface area (Å²) in [5, 5.41) is 9.80. The summed E-state index contributed by atoms with van der Waals surface area (Å²) in [7, 11) is 0. The van der Waals surface area contributed by atoms with Gasteiger partial charge in [-0.2, -0.15) is 0 Å². The van der Waals surface area contributed by atoms with Crippen LogP contribution in [0.2, 0.25) is 0 Å². The first-order chi connectivity index (χ1) is 8.49. The molecule has 0 fully saturated rings. The van der Waals surface area contributed by atoms with Crippen molar-refractivity contribution >= 4 is 5.78 Å². The van der Waals surface area contributed by atoms with Crippen molar-refractivity contribution < 1.29 is 9.90 Å². The van der Waals surface area contributed by atoms with Crippen molar-refractivity contribution in [2.24, 2.45) is 0 Å². The Morgan fingerprint density at radius 2 is 1.78 bits per heavy atom. The van der Waals surface area contributed by atoms with E-state index < -0.39 is 0 Å². The van der Waals surface area contributed by atoms with E-state index in [4.69, 9.17) is 0 Å². The highest BCUT2D eigenvalue weighted by Crippen LogP contribution is 2.22. The van der Waals surface area contributed by atoms with E-state index in [1.807, 2.05) is 32.6 Å². The predicted molar refractivity (Wildman–Crippen MR) is 74.0 cm³/mol. The summed E-state index contributed by atoms with van der Waals surface area (Å²) in [6, 6.07) is 3.37. The lowest BCUT2D eigenvalue weighted by Gasteiger charge is -2.14. The molecule has 0 saturated heterocycles. The number of benzene rings is 1. The molecule has 1 aromatic rings. The fraction of sp³-hybridized carbons (Fsp3) is 0.400. The number of hydrogen-bond acceptors (Lipinski definition) is 3. The molecule has 3 nitrogen and oxygen atoms in total. The average Bonchev–Trinajstić information content (AvgIpc) is 2.34. The summed E-state index contributed by atoms with van der Waals surface area (Å²) in [4.78, 5) is 14.0. The minimum Gasteiger partial charge on any atom is -0.507 e. The zero-order valence-corrected chi connectivity index (χ0v) is 11.5. The number of hydrogen-bond donors (Lipinski definition) is 1. The van der Waals surface area contributed by atoms with E-state index in [-0.39, 0.29) is 11.5 Å². The summed E-state index contributed by atoms with van der Waals surface area (Å²) < 4.78 is 0. The van der Waals surface area contributed by atoms with Crippen LogP contribution in [0.5, 0.6) is 5.75 Å². The first kappa shape index (κ1) is 14.3. The maximum Gasteiger partial charge on any atom is 0.191 e. The van der Waals surface area contributed by atoms with Crippen molar-refractivity contribution in [3.05, 3.63) is 41.1 Å². The molecular formula is C15H21NO2. The summed E-state index contributed by atoms with van der Waals surface area (Å²) in [6.07, 6.45) is 3.29. The summed E-state index contributed by atoms with van der Waals surface area (Å²) in [5.74, 6) is -0.116. The number of rotatable bonds is 5. The molecule has 18 heavy (non-hydrogen) atoms. The Bertz CT molecular complexity index is 460. The first-order valence-electron chi connectivity index (χ1n) is 6.26. The highest BCUT2D eigenvalue weighted by Gasteiger charge is 2.10. The number of allylic oxidation sites excluding steroid dienone is 1. The van der Waals surface area contributed by atoms with Gasteiger partial charge >= 0.3 is 0 Å².